The van der Waals surface area contributed by atoms with Gasteiger partial charge in [0.05, 0.1) is 15.3 Å². The molecule has 1 atom stereocenters. The molecule has 19 heavy (non-hydrogen) atoms. The molecule has 0 aromatic carbocycles. The van der Waals surface area contributed by atoms with E-state index in [0.717, 1.165) is 29.4 Å². The number of nitrogens with zero attached hydrogens (tertiary/aromatic N) is 2. The van der Waals surface area contributed by atoms with E-state index >= 15 is 0 Å². The van der Waals surface area contributed by atoms with Crippen LogP contribution in [-0.4, -0.2) is 27.3 Å². The van der Waals surface area contributed by atoms with Crippen LogP contribution in [0.2, 0.25) is 0 Å². The lowest BCUT2D eigenvalue weighted by molar-refractivity contribution is -0.124. The second kappa shape index (κ2) is 7.23. The predicted octanol–water partition coefficient (Wildman–Crippen LogP) is 1.90. The van der Waals surface area contributed by atoms with Gasteiger partial charge in [0.2, 0.25) is 5.91 Å². The molecule has 1 rings (SSSR count). The number of carbonyl (C=O) groups is 1. The highest BCUT2D eigenvalue weighted by Gasteiger charge is 2.30. The van der Waals surface area contributed by atoms with Crippen LogP contribution in [0.25, 0.3) is 0 Å². The molecular formula is C13H23IN4O. The Hall–Kier alpha value is -0.630. The van der Waals surface area contributed by atoms with Crippen molar-refractivity contribution in [3.05, 3.63) is 16.0 Å². The number of nitrogens with two attached hydrogens (primary N) is 1. The first-order valence-corrected chi connectivity index (χ1v) is 7.67. The highest BCUT2D eigenvalue weighted by atomic mass is 127. The number of carbonyl (C=O) groups excluding carboxylic acids is 1. The molecule has 6 heteroatoms. The van der Waals surface area contributed by atoms with Gasteiger partial charge in [-0.25, -0.2) is 0 Å². The Morgan fingerprint density at radius 2 is 2.26 bits per heavy atom. The van der Waals surface area contributed by atoms with E-state index < -0.39 is 5.54 Å². The van der Waals surface area contributed by atoms with Crippen molar-refractivity contribution in [1.29, 1.82) is 0 Å². The van der Waals surface area contributed by atoms with Gasteiger partial charge in [-0.1, -0.05) is 0 Å². The van der Waals surface area contributed by atoms with Gasteiger partial charge in [0.25, 0.3) is 0 Å². The number of primary amides is 1. The Bertz CT molecular complexity index is 419. The van der Waals surface area contributed by atoms with Crippen molar-refractivity contribution in [3.8, 4) is 0 Å². The van der Waals surface area contributed by atoms with Crippen molar-refractivity contribution in [2.75, 3.05) is 0 Å². The van der Waals surface area contributed by atoms with Gasteiger partial charge in [0, 0.05) is 18.8 Å². The highest BCUT2D eigenvalue weighted by Crippen LogP contribution is 2.15. The zero-order chi connectivity index (χ0) is 14.5. The van der Waals surface area contributed by atoms with E-state index in [1.807, 2.05) is 37.8 Å². The van der Waals surface area contributed by atoms with E-state index in [1.54, 1.807) is 0 Å². The number of unbranched alkanes of at least 4 members (excludes halogenated alkanes) is 1. The summed E-state index contributed by atoms with van der Waals surface area (Å²) in [5, 5.41) is 7.50. The topological polar surface area (TPSA) is 72.9 Å². The van der Waals surface area contributed by atoms with Crippen molar-refractivity contribution in [3.63, 3.8) is 0 Å². The van der Waals surface area contributed by atoms with E-state index in [0.29, 0.717) is 0 Å². The molecule has 0 aliphatic heterocycles. The van der Waals surface area contributed by atoms with Gasteiger partial charge >= 0.3 is 0 Å². The summed E-state index contributed by atoms with van der Waals surface area (Å²) in [6.45, 7) is 6.80. The van der Waals surface area contributed by atoms with Gasteiger partial charge in [-0.2, -0.15) is 5.10 Å². The van der Waals surface area contributed by atoms with Crippen molar-refractivity contribution >= 4 is 28.5 Å². The first-order valence-electron chi connectivity index (χ1n) is 6.59. The maximum absolute atomic E-state index is 11.6. The molecule has 0 saturated carbocycles. The Balaban J connectivity index is 2.38. The fourth-order valence-corrected chi connectivity index (χ4v) is 2.56. The lowest BCUT2D eigenvalue weighted by Crippen LogP contribution is -2.55. The largest absolute Gasteiger partial charge is 0.368 e. The zero-order valence-corrected chi connectivity index (χ0v) is 14.0. The van der Waals surface area contributed by atoms with Crippen molar-refractivity contribution < 1.29 is 4.79 Å². The maximum atomic E-state index is 11.6. The van der Waals surface area contributed by atoms with E-state index in [-0.39, 0.29) is 11.9 Å². The van der Waals surface area contributed by atoms with Gasteiger partial charge in [0.15, 0.2) is 0 Å². The van der Waals surface area contributed by atoms with Crippen LogP contribution in [0.1, 0.15) is 40.0 Å². The second-order valence-electron chi connectivity index (χ2n) is 5.37. The number of aryl methyl sites for hydroxylation is 1. The van der Waals surface area contributed by atoms with Gasteiger partial charge in [0.1, 0.15) is 0 Å². The summed E-state index contributed by atoms with van der Waals surface area (Å²) < 4.78 is 3.07. The number of halogens is 1. The van der Waals surface area contributed by atoms with Gasteiger partial charge in [-0.15, -0.1) is 0 Å². The van der Waals surface area contributed by atoms with Crippen LogP contribution in [-0.2, 0) is 11.3 Å². The molecule has 0 spiro atoms. The highest BCUT2D eigenvalue weighted by molar-refractivity contribution is 14.1. The SMILES string of the molecule is CC(C)NC(C)(CCCCn1cc(I)cn1)C(N)=O. The molecule has 0 saturated heterocycles. The third-order valence-corrected chi connectivity index (χ3v) is 3.62. The number of hydrogen-bond acceptors (Lipinski definition) is 3. The van der Waals surface area contributed by atoms with Crippen LogP contribution in [0, 0.1) is 3.57 Å². The van der Waals surface area contributed by atoms with E-state index in [1.165, 1.54) is 0 Å². The Morgan fingerprint density at radius 3 is 2.74 bits per heavy atom. The fourth-order valence-electron chi connectivity index (χ4n) is 2.12. The van der Waals surface area contributed by atoms with Crippen LogP contribution >= 0.6 is 22.6 Å². The molecule has 1 aromatic rings. The Morgan fingerprint density at radius 1 is 1.58 bits per heavy atom. The summed E-state index contributed by atoms with van der Waals surface area (Å²) in [4.78, 5) is 11.6. The van der Waals surface area contributed by atoms with Crippen molar-refractivity contribution in [1.82, 2.24) is 15.1 Å². The summed E-state index contributed by atoms with van der Waals surface area (Å²) >= 11 is 2.24. The molecular weight excluding hydrogens is 355 g/mol. The van der Waals surface area contributed by atoms with Crippen molar-refractivity contribution in [2.24, 2.45) is 5.73 Å². The maximum Gasteiger partial charge on any atom is 0.237 e. The fraction of sp³-hybridized carbons (Fsp3) is 0.692. The smallest absolute Gasteiger partial charge is 0.237 e. The average molecular weight is 378 g/mol. The first-order chi connectivity index (χ1) is 8.83. The molecule has 0 aliphatic carbocycles. The summed E-state index contributed by atoms with van der Waals surface area (Å²) in [6.07, 6.45) is 6.53. The number of rotatable bonds is 8. The average Bonchev–Trinajstić information content (AvgIpc) is 2.69. The summed E-state index contributed by atoms with van der Waals surface area (Å²) in [7, 11) is 0. The van der Waals surface area contributed by atoms with E-state index in [4.69, 9.17) is 5.73 Å². The van der Waals surface area contributed by atoms with Crippen LogP contribution in [0.5, 0.6) is 0 Å². The molecule has 1 unspecified atom stereocenters. The quantitative estimate of drug-likeness (QED) is 0.536. The second-order valence-corrected chi connectivity index (χ2v) is 6.62. The third kappa shape index (κ3) is 5.48. The van der Waals surface area contributed by atoms with E-state index in [9.17, 15) is 4.79 Å². The molecule has 0 aliphatic rings. The van der Waals surface area contributed by atoms with Crippen LogP contribution in [0.3, 0.4) is 0 Å². The zero-order valence-electron chi connectivity index (χ0n) is 11.8. The minimum Gasteiger partial charge on any atom is -0.368 e. The number of nitrogens with one attached hydrogen (secondary N) is 1. The number of aromatic nitrogens is 2. The Kier molecular flexibility index (Phi) is 6.25. The molecule has 1 amide bonds. The number of hydrogen-bond donors (Lipinski definition) is 2. The Labute approximate surface area is 128 Å². The predicted molar refractivity (Wildman–Crippen MR) is 84.7 cm³/mol. The molecule has 5 nitrogen and oxygen atoms in total. The van der Waals surface area contributed by atoms with E-state index in [2.05, 4.69) is 33.0 Å². The molecule has 108 valence electrons. The summed E-state index contributed by atoms with van der Waals surface area (Å²) in [5.41, 5.74) is 4.88. The molecule has 1 heterocycles. The van der Waals surface area contributed by atoms with Gasteiger partial charge in [-0.3, -0.25) is 9.48 Å². The van der Waals surface area contributed by atoms with Gasteiger partial charge in [-0.05, 0) is 62.6 Å². The van der Waals surface area contributed by atoms with Crippen LogP contribution < -0.4 is 11.1 Å². The molecule has 3 N–H and O–H groups in total. The van der Waals surface area contributed by atoms with Crippen LogP contribution in [0.15, 0.2) is 12.4 Å². The normalized spacial score (nSPS) is 14.6. The lowest BCUT2D eigenvalue weighted by atomic mass is 9.93. The van der Waals surface area contributed by atoms with Gasteiger partial charge < -0.3 is 11.1 Å². The molecule has 0 fully saturated rings. The minimum absolute atomic E-state index is 0.241. The molecule has 0 radical (unpaired) electrons. The first kappa shape index (κ1) is 16.4. The lowest BCUT2D eigenvalue weighted by Gasteiger charge is -2.29. The summed E-state index contributed by atoms with van der Waals surface area (Å²) in [6, 6.07) is 0.241. The monoisotopic (exact) mass is 378 g/mol. The van der Waals surface area contributed by atoms with Crippen LogP contribution in [0.4, 0.5) is 0 Å². The molecule has 1 aromatic heterocycles. The van der Waals surface area contributed by atoms with Crippen molar-refractivity contribution in [2.45, 2.75) is 58.2 Å². The molecule has 0 bridgehead atoms. The third-order valence-electron chi connectivity index (χ3n) is 3.07. The summed E-state index contributed by atoms with van der Waals surface area (Å²) in [5.74, 6) is -0.283. The number of amides is 1. The standard InChI is InChI=1S/C13H23IN4O/c1-10(2)17-13(3,12(15)19)6-4-5-7-18-9-11(14)8-16-18/h8-10,17H,4-7H2,1-3H3,(H2,15,19). The minimum atomic E-state index is -0.618.